The van der Waals surface area contributed by atoms with E-state index in [1.54, 1.807) is 4.57 Å². The normalized spacial score (nSPS) is 14.2. The second kappa shape index (κ2) is 6.36. The Morgan fingerprint density at radius 3 is 2.46 bits per heavy atom. The van der Waals surface area contributed by atoms with Crippen LogP contribution in [0.2, 0.25) is 5.02 Å². The van der Waals surface area contributed by atoms with Crippen LogP contribution in [0.5, 0.6) is 5.75 Å². The molecular formula is C21H20ClNO3. The van der Waals surface area contributed by atoms with Crippen molar-refractivity contribution in [2.24, 2.45) is 0 Å². The summed E-state index contributed by atoms with van der Waals surface area (Å²) in [5.74, 6) is 0.292. The van der Waals surface area contributed by atoms with Gasteiger partial charge >= 0.3 is 5.97 Å². The third-order valence-electron chi connectivity index (χ3n) is 4.65. The van der Waals surface area contributed by atoms with E-state index in [2.05, 4.69) is 12.1 Å². The molecule has 5 heteroatoms. The second-order valence-corrected chi connectivity index (χ2v) is 7.39. The number of aromatic carboxylic acids is 1. The molecule has 4 nitrogen and oxygen atoms in total. The summed E-state index contributed by atoms with van der Waals surface area (Å²) in [5, 5.41) is 10.8. The Bertz CT molecular complexity index is 985. The largest absolute Gasteiger partial charge is 0.491 e. The molecule has 0 radical (unpaired) electrons. The minimum Gasteiger partial charge on any atom is -0.491 e. The maximum atomic E-state index is 11.9. The first kappa shape index (κ1) is 17.0. The summed E-state index contributed by atoms with van der Waals surface area (Å²) in [6.07, 6.45) is 2.46. The molecule has 1 fully saturated rings. The number of halogens is 1. The van der Waals surface area contributed by atoms with Crippen molar-refractivity contribution in [2.75, 3.05) is 0 Å². The van der Waals surface area contributed by atoms with Crippen LogP contribution in [0, 0.1) is 0 Å². The molecule has 1 N–H and O–H groups in total. The Hall–Kier alpha value is -2.46. The molecule has 0 unspecified atom stereocenters. The minimum absolute atomic E-state index is 0.0818. The SMILES string of the molecule is CC(C)Oc1ccc(-n2c(C(=O)O)c(Cl)c3ccc(C4CC4)cc32)cc1. The highest BCUT2D eigenvalue weighted by Crippen LogP contribution is 2.43. The first-order chi connectivity index (χ1) is 12.5. The maximum Gasteiger partial charge on any atom is 0.354 e. The van der Waals surface area contributed by atoms with Crippen LogP contribution < -0.4 is 4.74 Å². The predicted octanol–water partition coefficient (Wildman–Crippen LogP) is 5.65. The summed E-state index contributed by atoms with van der Waals surface area (Å²) in [6, 6.07) is 13.5. The van der Waals surface area contributed by atoms with E-state index >= 15 is 0 Å². The van der Waals surface area contributed by atoms with E-state index in [4.69, 9.17) is 16.3 Å². The summed E-state index contributed by atoms with van der Waals surface area (Å²) in [5.41, 5.74) is 2.91. The van der Waals surface area contributed by atoms with Crippen molar-refractivity contribution in [3.05, 3.63) is 58.7 Å². The number of nitrogens with zero attached hydrogens (tertiary/aromatic N) is 1. The second-order valence-electron chi connectivity index (χ2n) is 7.01. The number of benzene rings is 2. The van der Waals surface area contributed by atoms with E-state index < -0.39 is 5.97 Å². The molecule has 1 aliphatic rings. The highest BCUT2D eigenvalue weighted by atomic mass is 35.5. The lowest BCUT2D eigenvalue weighted by Crippen LogP contribution is -2.08. The highest BCUT2D eigenvalue weighted by Gasteiger charge is 2.27. The fourth-order valence-corrected chi connectivity index (χ4v) is 3.66. The zero-order valence-corrected chi connectivity index (χ0v) is 15.5. The average molecular weight is 370 g/mol. The van der Waals surface area contributed by atoms with Crippen molar-refractivity contribution in [2.45, 2.75) is 38.7 Å². The number of carbonyl (C=O) groups is 1. The lowest BCUT2D eigenvalue weighted by Gasteiger charge is -2.12. The Labute approximate surface area is 157 Å². The van der Waals surface area contributed by atoms with Gasteiger partial charge in [0.15, 0.2) is 5.69 Å². The van der Waals surface area contributed by atoms with Crippen molar-refractivity contribution in [1.29, 1.82) is 0 Å². The zero-order chi connectivity index (χ0) is 18.4. The summed E-state index contributed by atoms with van der Waals surface area (Å²) in [4.78, 5) is 11.9. The molecule has 3 aromatic rings. The van der Waals surface area contributed by atoms with Crippen LogP contribution in [-0.4, -0.2) is 21.7 Å². The maximum absolute atomic E-state index is 11.9. The van der Waals surface area contributed by atoms with Crippen LogP contribution in [-0.2, 0) is 0 Å². The number of hydrogen-bond donors (Lipinski definition) is 1. The van der Waals surface area contributed by atoms with E-state index in [-0.39, 0.29) is 16.8 Å². The molecule has 0 aliphatic heterocycles. The molecule has 1 heterocycles. The monoisotopic (exact) mass is 369 g/mol. The molecule has 1 aliphatic carbocycles. The molecule has 1 saturated carbocycles. The molecule has 0 spiro atoms. The summed E-state index contributed by atoms with van der Waals surface area (Å²) in [6.45, 7) is 3.93. The Balaban J connectivity index is 1.90. The zero-order valence-electron chi connectivity index (χ0n) is 14.7. The molecule has 0 bridgehead atoms. The molecule has 0 atom stereocenters. The van der Waals surface area contributed by atoms with E-state index in [0.29, 0.717) is 5.92 Å². The van der Waals surface area contributed by atoms with Crippen LogP contribution in [0.4, 0.5) is 0 Å². The summed E-state index contributed by atoms with van der Waals surface area (Å²) >= 11 is 6.43. The van der Waals surface area contributed by atoms with Crippen LogP contribution in [0.1, 0.15) is 48.7 Å². The molecule has 0 amide bonds. The van der Waals surface area contributed by atoms with Gasteiger partial charge in [0.1, 0.15) is 5.75 Å². The average Bonchev–Trinajstić information content (AvgIpc) is 3.40. The van der Waals surface area contributed by atoms with Gasteiger partial charge in [-0.2, -0.15) is 0 Å². The van der Waals surface area contributed by atoms with Gasteiger partial charge in [-0.15, -0.1) is 0 Å². The number of ether oxygens (including phenoxy) is 1. The van der Waals surface area contributed by atoms with Gasteiger partial charge in [-0.1, -0.05) is 23.7 Å². The van der Waals surface area contributed by atoms with Crippen molar-refractivity contribution in [3.63, 3.8) is 0 Å². The minimum atomic E-state index is -1.04. The topological polar surface area (TPSA) is 51.5 Å². The van der Waals surface area contributed by atoms with Crippen molar-refractivity contribution < 1.29 is 14.6 Å². The third-order valence-corrected chi connectivity index (χ3v) is 5.03. The number of carboxylic acid groups (broad SMARTS) is 1. The van der Waals surface area contributed by atoms with Gasteiger partial charge in [-0.3, -0.25) is 0 Å². The van der Waals surface area contributed by atoms with Crippen molar-refractivity contribution in [1.82, 2.24) is 4.57 Å². The smallest absolute Gasteiger partial charge is 0.354 e. The fraction of sp³-hybridized carbons (Fsp3) is 0.286. The standard InChI is InChI=1S/C21H20ClNO3/c1-12(2)26-16-8-6-15(7-9-16)23-18-11-14(13-3-4-13)5-10-17(18)19(22)20(23)21(24)25/h5-13H,3-4H2,1-2H3,(H,24,25). The van der Waals surface area contributed by atoms with Crippen LogP contribution >= 0.6 is 11.6 Å². The Morgan fingerprint density at radius 2 is 1.88 bits per heavy atom. The number of aromatic nitrogens is 1. The Kier molecular flexibility index (Phi) is 4.16. The van der Waals surface area contributed by atoms with Crippen molar-refractivity contribution in [3.8, 4) is 11.4 Å². The predicted molar refractivity (Wildman–Crippen MR) is 103 cm³/mol. The highest BCUT2D eigenvalue weighted by molar-refractivity contribution is 6.38. The molecule has 26 heavy (non-hydrogen) atoms. The van der Waals surface area contributed by atoms with Crippen LogP contribution in [0.25, 0.3) is 16.6 Å². The van der Waals surface area contributed by atoms with E-state index in [1.807, 2.05) is 44.2 Å². The van der Waals surface area contributed by atoms with E-state index in [1.165, 1.54) is 18.4 Å². The third kappa shape index (κ3) is 2.95. The molecule has 0 saturated heterocycles. The summed E-state index contributed by atoms with van der Waals surface area (Å²) in [7, 11) is 0. The van der Waals surface area contributed by atoms with Gasteiger partial charge in [0, 0.05) is 11.1 Å². The van der Waals surface area contributed by atoms with Gasteiger partial charge in [0.05, 0.1) is 16.6 Å². The molecule has 2 aromatic carbocycles. The molecule has 134 valence electrons. The van der Waals surface area contributed by atoms with Gasteiger partial charge in [-0.05, 0) is 68.5 Å². The molecule has 4 rings (SSSR count). The summed E-state index contributed by atoms with van der Waals surface area (Å²) < 4.78 is 7.41. The van der Waals surface area contributed by atoms with E-state index in [9.17, 15) is 9.90 Å². The fourth-order valence-electron chi connectivity index (χ4n) is 3.34. The van der Waals surface area contributed by atoms with Gasteiger partial charge in [0.2, 0.25) is 0 Å². The van der Waals surface area contributed by atoms with E-state index in [0.717, 1.165) is 22.3 Å². The first-order valence-corrected chi connectivity index (χ1v) is 9.17. The van der Waals surface area contributed by atoms with Gasteiger partial charge in [-0.25, -0.2) is 4.79 Å². The van der Waals surface area contributed by atoms with Gasteiger partial charge in [0.25, 0.3) is 0 Å². The number of carboxylic acids is 1. The molecular weight excluding hydrogens is 350 g/mol. The first-order valence-electron chi connectivity index (χ1n) is 8.80. The number of rotatable bonds is 5. The van der Waals surface area contributed by atoms with Gasteiger partial charge < -0.3 is 14.4 Å². The van der Waals surface area contributed by atoms with Crippen LogP contribution in [0.3, 0.4) is 0 Å². The molecule has 1 aromatic heterocycles. The Morgan fingerprint density at radius 1 is 1.19 bits per heavy atom. The van der Waals surface area contributed by atoms with Crippen molar-refractivity contribution >= 4 is 28.5 Å². The number of hydrogen-bond acceptors (Lipinski definition) is 2. The quantitative estimate of drug-likeness (QED) is 0.632. The van der Waals surface area contributed by atoms with Crippen LogP contribution in [0.15, 0.2) is 42.5 Å². The lowest BCUT2D eigenvalue weighted by molar-refractivity contribution is 0.0689. The lowest BCUT2D eigenvalue weighted by atomic mass is 10.1. The number of fused-ring (bicyclic) bond motifs is 1.